The summed E-state index contributed by atoms with van der Waals surface area (Å²) in [6.07, 6.45) is 4.91. The molecular weight excluding hydrogens is 228 g/mol. The van der Waals surface area contributed by atoms with Crippen molar-refractivity contribution >= 4 is 22.9 Å². The lowest BCUT2D eigenvalue weighted by Gasteiger charge is -2.16. The third-order valence-corrected chi connectivity index (χ3v) is 3.44. The predicted octanol–water partition coefficient (Wildman–Crippen LogP) is 6.02. The maximum absolute atomic E-state index is 3.95. The number of aryl methyl sites for hydroxylation is 2. The number of hydrogen-bond acceptors (Lipinski definition) is 0. The highest BCUT2D eigenvalue weighted by Gasteiger charge is 2.11. The van der Waals surface area contributed by atoms with Crippen LogP contribution in [0.5, 0.6) is 0 Å². The zero-order valence-corrected chi connectivity index (χ0v) is 12.6. The fraction of sp³-hybridized carbons (Fsp3) is 0.263. The average molecular weight is 252 g/mol. The molecule has 0 unspecified atom stereocenters. The van der Waals surface area contributed by atoms with Crippen LogP contribution < -0.4 is 0 Å². The summed E-state index contributed by atoms with van der Waals surface area (Å²) in [4.78, 5) is 0. The topological polar surface area (TPSA) is 0 Å². The molecule has 0 fully saturated rings. The molecule has 2 aromatic rings. The maximum atomic E-state index is 3.95. The van der Waals surface area contributed by atoms with Crippen molar-refractivity contribution in [3.05, 3.63) is 59.7 Å². The third kappa shape index (κ3) is 2.63. The van der Waals surface area contributed by atoms with E-state index in [1.165, 1.54) is 33.0 Å². The second-order valence-electron chi connectivity index (χ2n) is 4.24. The Balaban J connectivity index is 0.000000861. The van der Waals surface area contributed by atoms with Gasteiger partial charge in [-0.3, -0.25) is 0 Å². The molecule has 0 nitrogen and oxygen atoms in total. The van der Waals surface area contributed by atoms with E-state index in [0.717, 1.165) is 6.42 Å². The highest BCUT2D eigenvalue weighted by Crippen LogP contribution is 2.32. The van der Waals surface area contributed by atoms with E-state index >= 15 is 0 Å². The molecule has 19 heavy (non-hydrogen) atoms. The lowest BCUT2D eigenvalue weighted by Crippen LogP contribution is -1.96. The molecule has 0 heteroatoms. The van der Waals surface area contributed by atoms with Crippen LogP contribution in [-0.2, 0) is 6.42 Å². The van der Waals surface area contributed by atoms with Crippen molar-refractivity contribution in [2.45, 2.75) is 34.1 Å². The molecule has 0 aliphatic heterocycles. The molecule has 0 aliphatic rings. The van der Waals surface area contributed by atoms with Gasteiger partial charge in [0.2, 0.25) is 0 Å². The third-order valence-electron chi connectivity index (χ3n) is 3.44. The van der Waals surface area contributed by atoms with Gasteiger partial charge in [-0.15, -0.1) is 0 Å². The molecule has 0 amide bonds. The molecular formula is C19H24. The standard InChI is InChI=1S/C17H18.C2H6/c1-5-13-12(4)16-10-8-9-11-17(16)15(7-3)14(13)6-2;1-2/h5-6,8-11H,1-2,7H2,3-4H3;1-2H3. The average Bonchev–Trinajstić information content (AvgIpc) is 2.49. The van der Waals surface area contributed by atoms with Crippen molar-refractivity contribution < 1.29 is 0 Å². The first-order valence-corrected chi connectivity index (χ1v) is 7.03. The van der Waals surface area contributed by atoms with Crippen LogP contribution in [0.1, 0.15) is 43.0 Å². The predicted molar refractivity (Wildman–Crippen MR) is 89.6 cm³/mol. The van der Waals surface area contributed by atoms with Crippen LogP contribution in [0, 0.1) is 6.92 Å². The highest BCUT2D eigenvalue weighted by molar-refractivity contribution is 5.95. The monoisotopic (exact) mass is 252 g/mol. The van der Waals surface area contributed by atoms with Gasteiger partial charge in [0.25, 0.3) is 0 Å². The van der Waals surface area contributed by atoms with Gasteiger partial charge in [-0.05, 0) is 46.4 Å². The van der Waals surface area contributed by atoms with Gasteiger partial charge in [0.05, 0.1) is 0 Å². The van der Waals surface area contributed by atoms with Gasteiger partial charge < -0.3 is 0 Å². The Morgan fingerprint density at radius 3 is 1.95 bits per heavy atom. The van der Waals surface area contributed by atoms with Crippen molar-refractivity contribution in [3.8, 4) is 0 Å². The van der Waals surface area contributed by atoms with E-state index in [1.54, 1.807) is 0 Å². The van der Waals surface area contributed by atoms with E-state index in [4.69, 9.17) is 0 Å². The number of hydrogen-bond donors (Lipinski definition) is 0. The largest absolute Gasteiger partial charge is 0.0984 e. The van der Waals surface area contributed by atoms with Crippen LogP contribution >= 0.6 is 0 Å². The molecule has 2 aromatic carbocycles. The molecule has 0 atom stereocenters. The molecule has 0 bridgehead atoms. The van der Waals surface area contributed by atoms with E-state index in [0.29, 0.717) is 0 Å². The summed E-state index contributed by atoms with van der Waals surface area (Å²) in [5, 5.41) is 2.66. The van der Waals surface area contributed by atoms with Gasteiger partial charge >= 0.3 is 0 Å². The summed E-state index contributed by atoms with van der Waals surface area (Å²) < 4.78 is 0. The number of fused-ring (bicyclic) bond motifs is 1. The number of benzene rings is 2. The second kappa shape index (κ2) is 6.94. The van der Waals surface area contributed by atoms with Crippen molar-refractivity contribution in [1.29, 1.82) is 0 Å². The van der Waals surface area contributed by atoms with Crippen LogP contribution in [0.3, 0.4) is 0 Å². The van der Waals surface area contributed by atoms with Gasteiger partial charge in [-0.25, -0.2) is 0 Å². The Labute approximate surface area is 117 Å². The molecule has 0 N–H and O–H groups in total. The molecule has 0 aliphatic carbocycles. The SMILES string of the molecule is C=Cc1c(C=C)c(CC)c2ccccc2c1C.CC. The van der Waals surface area contributed by atoms with Gasteiger partial charge in [0, 0.05) is 0 Å². The molecule has 2 rings (SSSR count). The minimum atomic E-state index is 1.02. The van der Waals surface area contributed by atoms with Gasteiger partial charge in [-0.2, -0.15) is 0 Å². The van der Waals surface area contributed by atoms with Gasteiger partial charge in [-0.1, -0.05) is 70.3 Å². The lowest BCUT2D eigenvalue weighted by atomic mass is 9.88. The van der Waals surface area contributed by atoms with E-state index in [1.807, 2.05) is 26.0 Å². The minimum absolute atomic E-state index is 1.02. The Kier molecular flexibility index (Phi) is 5.57. The highest BCUT2D eigenvalue weighted by atomic mass is 14.2. The van der Waals surface area contributed by atoms with E-state index < -0.39 is 0 Å². The first kappa shape index (κ1) is 15.2. The smallest absolute Gasteiger partial charge is 0.0143 e. The summed E-state index contributed by atoms with van der Waals surface area (Å²) in [5.74, 6) is 0. The first-order chi connectivity index (χ1) is 9.24. The Hall–Kier alpha value is -1.82. The molecule has 0 heterocycles. The molecule has 0 radical (unpaired) electrons. The van der Waals surface area contributed by atoms with Crippen molar-refractivity contribution in [1.82, 2.24) is 0 Å². The maximum Gasteiger partial charge on any atom is -0.0143 e. The molecule has 100 valence electrons. The van der Waals surface area contributed by atoms with E-state index in [2.05, 4.69) is 51.3 Å². The van der Waals surface area contributed by atoms with Crippen LogP contribution in [0.25, 0.3) is 22.9 Å². The quantitative estimate of drug-likeness (QED) is 0.626. The summed E-state index contributed by atoms with van der Waals surface area (Å²) in [6, 6.07) is 8.57. The first-order valence-electron chi connectivity index (χ1n) is 7.03. The minimum Gasteiger partial charge on any atom is -0.0984 e. The van der Waals surface area contributed by atoms with Gasteiger partial charge in [0.1, 0.15) is 0 Å². The molecule has 0 spiro atoms. The zero-order valence-electron chi connectivity index (χ0n) is 12.6. The molecule has 0 saturated carbocycles. The summed E-state index contributed by atoms with van der Waals surface area (Å²) >= 11 is 0. The summed E-state index contributed by atoms with van der Waals surface area (Å²) in [7, 11) is 0. The van der Waals surface area contributed by atoms with E-state index in [9.17, 15) is 0 Å². The van der Waals surface area contributed by atoms with Crippen molar-refractivity contribution in [2.24, 2.45) is 0 Å². The zero-order chi connectivity index (χ0) is 14.4. The Morgan fingerprint density at radius 2 is 1.47 bits per heavy atom. The van der Waals surface area contributed by atoms with Crippen LogP contribution in [-0.4, -0.2) is 0 Å². The summed E-state index contributed by atoms with van der Waals surface area (Å²) in [6.45, 7) is 16.2. The van der Waals surface area contributed by atoms with Gasteiger partial charge in [0.15, 0.2) is 0 Å². The molecule has 0 saturated heterocycles. The second-order valence-corrected chi connectivity index (χ2v) is 4.24. The van der Waals surface area contributed by atoms with Crippen LogP contribution in [0.2, 0.25) is 0 Å². The van der Waals surface area contributed by atoms with Crippen molar-refractivity contribution in [3.63, 3.8) is 0 Å². The number of rotatable bonds is 3. The van der Waals surface area contributed by atoms with Crippen LogP contribution in [0.4, 0.5) is 0 Å². The molecule has 0 aromatic heterocycles. The fourth-order valence-corrected chi connectivity index (χ4v) is 2.61. The van der Waals surface area contributed by atoms with Crippen molar-refractivity contribution in [2.75, 3.05) is 0 Å². The Morgan fingerprint density at radius 1 is 0.947 bits per heavy atom. The fourth-order valence-electron chi connectivity index (χ4n) is 2.61. The summed E-state index contributed by atoms with van der Waals surface area (Å²) in [5.41, 5.74) is 5.12. The lowest BCUT2D eigenvalue weighted by molar-refractivity contribution is 1.15. The van der Waals surface area contributed by atoms with E-state index in [-0.39, 0.29) is 0 Å². The normalized spacial score (nSPS) is 9.68. The van der Waals surface area contributed by atoms with Crippen LogP contribution in [0.15, 0.2) is 37.4 Å². The Bertz CT molecular complexity index is 589.